The molecule has 0 saturated carbocycles. The number of halogens is 1. The Morgan fingerprint density at radius 3 is 2.93 bits per heavy atom. The number of alkyl halides is 1. The van der Waals surface area contributed by atoms with Gasteiger partial charge in [-0.05, 0) is 18.1 Å². The highest BCUT2D eigenvalue weighted by molar-refractivity contribution is 9.09. The quantitative estimate of drug-likeness (QED) is 0.659. The second-order valence-electron chi connectivity index (χ2n) is 3.48. The van der Waals surface area contributed by atoms with Gasteiger partial charge in [-0.1, -0.05) is 28.1 Å². The minimum atomic E-state index is 0.0194. The molecule has 1 aliphatic rings. The molecule has 0 unspecified atom stereocenters. The van der Waals surface area contributed by atoms with Gasteiger partial charge in [-0.2, -0.15) is 0 Å². The van der Waals surface area contributed by atoms with Gasteiger partial charge in [0.05, 0.1) is 5.33 Å². The number of rotatable bonds is 2. The molecule has 1 amide bonds. The topological polar surface area (TPSA) is 46.2 Å². The summed E-state index contributed by atoms with van der Waals surface area (Å²) in [5, 5.41) is 3.08. The van der Waals surface area contributed by atoms with Crippen LogP contribution in [0, 0.1) is 0 Å². The average molecular weight is 268 g/mol. The first-order valence-corrected chi connectivity index (χ1v) is 5.85. The molecule has 1 aliphatic heterocycles. The Morgan fingerprint density at radius 2 is 2.20 bits per heavy atom. The van der Waals surface area contributed by atoms with Crippen LogP contribution in [0.3, 0.4) is 0 Å². The Hall–Kier alpha value is -1.16. The normalized spacial score (nSPS) is 14.3. The van der Waals surface area contributed by atoms with Crippen LogP contribution in [0.4, 0.5) is 5.69 Å². The minimum Gasteiger partial charge on any atom is -0.326 e. The molecule has 0 bridgehead atoms. The van der Waals surface area contributed by atoms with Crippen molar-refractivity contribution in [2.24, 2.45) is 0 Å². The van der Waals surface area contributed by atoms with Crippen LogP contribution >= 0.6 is 15.9 Å². The second kappa shape index (κ2) is 4.14. The first-order valence-electron chi connectivity index (χ1n) is 4.72. The van der Waals surface area contributed by atoms with E-state index in [0.717, 1.165) is 17.7 Å². The van der Waals surface area contributed by atoms with Crippen molar-refractivity contribution in [1.82, 2.24) is 0 Å². The Labute approximate surface area is 96.0 Å². The maximum absolute atomic E-state index is 11.4. The van der Waals surface area contributed by atoms with Crippen molar-refractivity contribution in [1.29, 1.82) is 0 Å². The molecule has 3 nitrogen and oxygen atoms in total. The van der Waals surface area contributed by atoms with Crippen molar-refractivity contribution >= 4 is 33.3 Å². The summed E-state index contributed by atoms with van der Waals surface area (Å²) in [5.74, 6) is 0.0450. The third-order valence-corrected chi connectivity index (χ3v) is 2.96. The molecule has 1 aromatic carbocycles. The molecule has 4 heteroatoms. The van der Waals surface area contributed by atoms with Crippen LogP contribution in [0.5, 0.6) is 0 Å². The first kappa shape index (κ1) is 10.4. The van der Waals surface area contributed by atoms with Crippen LogP contribution < -0.4 is 5.32 Å². The van der Waals surface area contributed by atoms with E-state index in [1.807, 2.05) is 6.07 Å². The van der Waals surface area contributed by atoms with Crippen molar-refractivity contribution in [3.63, 3.8) is 0 Å². The van der Waals surface area contributed by atoms with Gasteiger partial charge in [0.1, 0.15) is 0 Å². The standard InChI is InChI=1S/C11H10BrNO2/c12-6-10(14)8-2-1-7-3-4-11(15)13-9(7)5-8/h1-2,5H,3-4,6H2,(H,13,15). The largest absolute Gasteiger partial charge is 0.326 e. The molecule has 15 heavy (non-hydrogen) atoms. The van der Waals surface area contributed by atoms with Crippen LogP contribution in [-0.4, -0.2) is 17.0 Å². The highest BCUT2D eigenvalue weighted by Crippen LogP contribution is 2.23. The Bertz CT molecular complexity index is 429. The number of hydrogen-bond donors (Lipinski definition) is 1. The van der Waals surface area contributed by atoms with Crippen molar-refractivity contribution < 1.29 is 9.59 Å². The number of ketones is 1. The van der Waals surface area contributed by atoms with Crippen molar-refractivity contribution in [3.8, 4) is 0 Å². The van der Waals surface area contributed by atoms with Gasteiger partial charge in [0, 0.05) is 17.7 Å². The SMILES string of the molecule is O=C1CCc2ccc(C(=O)CBr)cc2N1. The molecule has 1 heterocycles. The summed E-state index contributed by atoms with van der Waals surface area (Å²) in [5.41, 5.74) is 2.51. The van der Waals surface area contributed by atoms with Crippen molar-refractivity contribution in [3.05, 3.63) is 29.3 Å². The number of fused-ring (bicyclic) bond motifs is 1. The lowest BCUT2D eigenvalue weighted by Crippen LogP contribution is -2.19. The second-order valence-corrected chi connectivity index (χ2v) is 4.04. The van der Waals surface area contributed by atoms with Gasteiger partial charge < -0.3 is 5.32 Å². The van der Waals surface area contributed by atoms with E-state index in [1.165, 1.54) is 0 Å². The predicted octanol–water partition coefficient (Wildman–Crippen LogP) is 2.15. The molecule has 0 radical (unpaired) electrons. The average Bonchev–Trinajstić information content (AvgIpc) is 2.27. The van der Waals surface area contributed by atoms with E-state index in [9.17, 15) is 9.59 Å². The molecule has 1 N–H and O–H groups in total. The van der Waals surface area contributed by atoms with Crippen molar-refractivity contribution in [2.45, 2.75) is 12.8 Å². The lowest BCUT2D eigenvalue weighted by molar-refractivity contribution is -0.116. The highest BCUT2D eigenvalue weighted by atomic mass is 79.9. The molecule has 0 fully saturated rings. The molecule has 1 aromatic rings. The number of benzene rings is 1. The number of hydrogen-bond acceptors (Lipinski definition) is 2. The molecular formula is C11H10BrNO2. The maximum Gasteiger partial charge on any atom is 0.224 e. The van der Waals surface area contributed by atoms with Gasteiger partial charge in [-0.15, -0.1) is 0 Å². The summed E-state index contributed by atoms with van der Waals surface area (Å²) >= 11 is 3.12. The summed E-state index contributed by atoms with van der Waals surface area (Å²) in [6.07, 6.45) is 1.28. The Morgan fingerprint density at radius 1 is 1.40 bits per heavy atom. The zero-order valence-electron chi connectivity index (χ0n) is 8.05. The number of carbonyl (C=O) groups is 2. The fourth-order valence-electron chi connectivity index (χ4n) is 1.62. The Kier molecular flexibility index (Phi) is 2.86. The van der Waals surface area contributed by atoms with Gasteiger partial charge in [-0.25, -0.2) is 0 Å². The number of aryl methyl sites for hydroxylation is 1. The van der Waals surface area contributed by atoms with Gasteiger partial charge in [0.25, 0.3) is 0 Å². The van der Waals surface area contributed by atoms with E-state index in [-0.39, 0.29) is 11.7 Å². The molecule has 0 aromatic heterocycles. The van der Waals surface area contributed by atoms with E-state index in [2.05, 4.69) is 21.2 Å². The van der Waals surface area contributed by atoms with E-state index < -0.39 is 0 Å². The van der Waals surface area contributed by atoms with Gasteiger partial charge in [0.2, 0.25) is 5.91 Å². The first-order chi connectivity index (χ1) is 7.20. The number of anilines is 1. The zero-order chi connectivity index (χ0) is 10.8. The van der Waals surface area contributed by atoms with Crippen LogP contribution in [0.1, 0.15) is 22.3 Å². The highest BCUT2D eigenvalue weighted by Gasteiger charge is 2.16. The maximum atomic E-state index is 11.4. The van der Waals surface area contributed by atoms with Gasteiger partial charge >= 0.3 is 0 Å². The molecule has 78 valence electrons. The summed E-state index contributed by atoms with van der Waals surface area (Å²) in [4.78, 5) is 22.6. The number of carbonyl (C=O) groups excluding carboxylic acids is 2. The summed E-state index contributed by atoms with van der Waals surface area (Å²) < 4.78 is 0. The van der Waals surface area contributed by atoms with E-state index in [4.69, 9.17) is 0 Å². The molecule has 0 saturated heterocycles. The molecular weight excluding hydrogens is 258 g/mol. The molecule has 0 spiro atoms. The van der Waals surface area contributed by atoms with Gasteiger partial charge in [0.15, 0.2) is 5.78 Å². The van der Waals surface area contributed by atoms with E-state index in [0.29, 0.717) is 17.3 Å². The third-order valence-electron chi connectivity index (χ3n) is 2.45. The molecule has 2 rings (SSSR count). The fourth-order valence-corrected chi connectivity index (χ4v) is 1.95. The number of nitrogens with one attached hydrogen (secondary N) is 1. The summed E-state index contributed by atoms with van der Waals surface area (Å²) in [6.45, 7) is 0. The third kappa shape index (κ3) is 2.09. The predicted molar refractivity (Wildman–Crippen MR) is 61.5 cm³/mol. The van der Waals surface area contributed by atoms with Crippen LogP contribution in [0.25, 0.3) is 0 Å². The number of amides is 1. The fraction of sp³-hybridized carbons (Fsp3) is 0.273. The molecule has 0 aliphatic carbocycles. The van der Waals surface area contributed by atoms with Crippen molar-refractivity contribution in [2.75, 3.05) is 10.6 Å². The summed E-state index contributed by atoms with van der Waals surface area (Å²) in [6, 6.07) is 5.46. The minimum absolute atomic E-state index is 0.0194. The lowest BCUT2D eigenvalue weighted by Gasteiger charge is -2.17. The van der Waals surface area contributed by atoms with Crippen LogP contribution in [0.2, 0.25) is 0 Å². The van der Waals surface area contributed by atoms with E-state index >= 15 is 0 Å². The van der Waals surface area contributed by atoms with Crippen LogP contribution in [-0.2, 0) is 11.2 Å². The zero-order valence-corrected chi connectivity index (χ0v) is 9.63. The molecule has 0 atom stereocenters. The summed E-state index contributed by atoms with van der Waals surface area (Å²) in [7, 11) is 0. The monoisotopic (exact) mass is 267 g/mol. The Balaban J connectivity index is 2.36. The van der Waals surface area contributed by atoms with E-state index in [1.54, 1.807) is 12.1 Å². The van der Waals surface area contributed by atoms with Crippen LogP contribution in [0.15, 0.2) is 18.2 Å². The lowest BCUT2D eigenvalue weighted by atomic mass is 10.00. The number of Topliss-reactive ketones (excluding diaryl/α,β-unsaturated/α-hetero) is 1. The van der Waals surface area contributed by atoms with Gasteiger partial charge in [-0.3, -0.25) is 9.59 Å². The smallest absolute Gasteiger partial charge is 0.224 e.